The summed E-state index contributed by atoms with van der Waals surface area (Å²) in [5, 5.41) is 4.77. The second-order valence-electron chi connectivity index (χ2n) is 8.35. The van der Waals surface area contributed by atoms with E-state index in [-0.39, 0.29) is 17.7 Å². The Hall–Kier alpha value is -3.35. The Bertz CT molecular complexity index is 1140. The van der Waals surface area contributed by atoms with Gasteiger partial charge in [0.25, 0.3) is 5.91 Å². The van der Waals surface area contributed by atoms with Crippen molar-refractivity contribution in [2.24, 2.45) is 5.92 Å². The summed E-state index contributed by atoms with van der Waals surface area (Å²) in [7, 11) is 0. The largest absolute Gasteiger partial charge is 0.416 e. The molecule has 0 bridgehead atoms. The monoisotopic (exact) mass is 454 g/mol. The number of likely N-dealkylation sites (tertiary alicyclic amines) is 1. The lowest BCUT2D eigenvalue weighted by atomic mass is 9.95. The van der Waals surface area contributed by atoms with Crippen molar-refractivity contribution in [3.05, 3.63) is 83.4 Å². The zero-order chi connectivity index (χ0) is 23.4. The second kappa shape index (κ2) is 9.65. The summed E-state index contributed by atoms with van der Waals surface area (Å²) < 4.78 is 38.0. The lowest BCUT2D eigenvalue weighted by Gasteiger charge is -2.32. The van der Waals surface area contributed by atoms with Crippen molar-refractivity contribution in [1.82, 2.24) is 10.2 Å². The molecule has 4 rings (SSSR count). The van der Waals surface area contributed by atoms with Crippen LogP contribution < -0.4 is 5.32 Å². The zero-order valence-corrected chi connectivity index (χ0v) is 18.1. The number of hydrogen-bond donors (Lipinski definition) is 1. The molecule has 1 aliphatic rings. The Morgan fingerprint density at radius 2 is 1.70 bits per heavy atom. The topological polar surface area (TPSA) is 49.4 Å². The van der Waals surface area contributed by atoms with Crippen LogP contribution in [-0.4, -0.2) is 36.3 Å². The summed E-state index contributed by atoms with van der Waals surface area (Å²) in [6.45, 7) is 1.30. The third kappa shape index (κ3) is 5.35. The minimum Gasteiger partial charge on any atom is -0.355 e. The van der Waals surface area contributed by atoms with Crippen molar-refractivity contribution in [3.63, 3.8) is 0 Å². The van der Waals surface area contributed by atoms with E-state index in [1.54, 1.807) is 4.90 Å². The van der Waals surface area contributed by atoms with E-state index >= 15 is 0 Å². The summed E-state index contributed by atoms with van der Waals surface area (Å²) in [5.74, 6) is -0.503. The lowest BCUT2D eigenvalue weighted by molar-refractivity contribution is -0.137. The molecule has 3 aromatic carbocycles. The van der Waals surface area contributed by atoms with Crippen molar-refractivity contribution >= 4 is 22.6 Å². The number of alkyl halides is 3. The van der Waals surface area contributed by atoms with E-state index in [1.807, 2.05) is 42.5 Å². The molecule has 0 unspecified atom stereocenters. The molecule has 0 spiro atoms. The minimum atomic E-state index is -4.36. The van der Waals surface area contributed by atoms with Gasteiger partial charge in [-0.15, -0.1) is 0 Å². The first-order chi connectivity index (χ1) is 15.8. The van der Waals surface area contributed by atoms with Gasteiger partial charge < -0.3 is 10.2 Å². The maximum Gasteiger partial charge on any atom is 0.416 e. The van der Waals surface area contributed by atoms with Crippen LogP contribution in [0.25, 0.3) is 10.8 Å². The fourth-order valence-corrected chi connectivity index (χ4v) is 4.29. The van der Waals surface area contributed by atoms with Crippen LogP contribution in [-0.2, 0) is 17.4 Å². The molecule has 2 amide bonds. The molecule has 7 heteroatoms. The number of nitrogens with zero attached hydrogens (tertiary/aromatic N) is 1. The number of hydrogen-bond acceptors (Lipinski definition) is 2. The fraction of sp³-hybridized carbons (Fsp3) is 0.308. The Balaban J connectivity index is 1.33. The van der Waals surface area contributed by atoms with Crippen LogP contribution in [0.3, 0.4) is 0 Å². The van der Waals surface area contributed by atoms with E-state index in [0.717, 1.165) is 34.9 Å². The van der Waals surface area contributed by atoms with E-state index in [1.165, 1.54) is 12.1 Å². The fourth-order valence-electron chi connectivity index (χ4n) is 4.29. The van der Waals surface area contributed by atoms with Gasteiger partial charge >= 0.3 is 6.18 Å². The van der Waals surface area contributed by atoms with Crippen molar-refractivity contribution in [3.8, 4) is 0 Å². The number of carbonyl (C=O) groups is 2. The number of amides is 2. The second-order valence-corrected chi connectivity index (χ2v) is 8.35. The number of nitrogens with one attached hydrogen (secondary N) is 1. The van der Waals surface area contributed by atoms with E-state index in [0.29, 0.717) is 38.0 Å². The van der Waals surface area contributed by atoms with Gasteiger partial charge in [-0.05, 0) is 53.8 Å². The summed E-state index contributed by atoms with van der Waals surface area (Å²) in [6, 6.07) is 18.3. The molecule has 1 aliphatic heterocycles. The van der Waals surface area contributed by atoms with E-state index in [4.69, 9.17) is 0 Å². The average molecular weight is 454 g/mol. The quantitative estimate of drug-likeness (QED) is 0.585. The van der Waals surface area contributed by atoms with Gasteiger partial charge in [-0.1, -0.05) is 48.5 Å². The molecule has 3 aromatic rings. The van der Waals surface area contributed by atoms with Gasteiger partial charge in [0.05, 0.1) is 11.5 Å². The Morgan fingerprint density at radius 3 is 2.45 bits per heavy atom. The van der Waals surface area contributed by atoms with Crippen molar-refractivity contribution in [2.45, 2.75) is 25.4 Å². The number of carbonyl (C=O) groups excluding carboxylic acids is 2. The predicted molar refractivity (Wildman–Crippen MR) is 121 cm³/mol. The molecule has 0 aromatic heterocycles. The van der Waals surface area contributed by atoms with Gasteiger partial charge in [-0.3, -0.25) is 9.59 Å². The van der Waals surface area contributed by atoms with Crippen LogP contribution in [0.15, 0.2) is 66.7 Å². The molecule has 1 saturated heterocycles. The van der Waals surface area contributed by atoms with Crippen LogP contribution in [0.1, 0.15) is 34.3 Å². The number of fused-ring (bicyclic) bond motifs is 1. The van der Waals surface area contributed by atoms with Crippen molar-refractivity contribution in [2.75, 3.05) is 19.6 Å². The van der Waals surface area contributed by atoms with Crippen molar-refractivity contribution in [1.29, 1.82) is 0 Å². The third-order valence-electron chi connectivity index (χ3n) is 6.09. The normalized spacial score (nSPS) is 16.6. The summed E-state index contributed by atoms with van der Waals surface area (Å²) in [4.78, 5) is 27.6. The van der Waals surface area contributed by atoms with Gasteiger partial charge in [0.1, 0.15) is 0 Å². The maximum atomic E-state index is 13.2. The molecule has 1 N–H and O–H groups in total. The summed E-state index contributed by atoms with van der Waals surface area (Å²) in [6.07, 6.45) is -2.47. The number of benzene rings is 3. The third-order valence-corrected chi connectivity index (χ3v) is 6.09. The molecule has 172 valence electrons. The first-order valence-corrected chi connectivity index (χ1v) is 11.0. The van der Waals surface area contributed by atoms with Gasteiger partial charge in [0.15, 0.2) is 0 Å². The summed E-state index contributed by atoms with van der Waals surface area (Å²) in [5.41, 5.74) is 0.671. The Labute approximate surface area is 190 Å². The number of piperidine rings is 1. The molecule has 0 saturated carbocycles. The van der Waals surface area contributed by atoms with Crippen LogP contribution in [0.4, 0.5) is 13.2 Å². The molecule has 1 heterocycles. The van der Waals surface area contributed by atoms with E-state index < -0.39 is 11.7 Å². The maximum absolute atomic E-state index is 13.2. The van der Waals surface area contributed by atoms with E-state index in [2.05, 4.69) is 5.32 Å². The molecule has 4 nitrogen and oxygen atoms in total. The SMILES string of the molecule is O=C(NCCc1ccc(C(F)(F)F)cc1)[C@H]1CCCN(C(=O)c2cccc3ccccc23)C1. The highest BCUT2D eigenvalue weighted by Crippen LogP contribution is 2.29. The molecule has 0 aliphatic carbocycles. The number of rotatable bonds is 5. The first-order valence-electron chi connectivity index (χ1n) is 11.0. The predicted octanol–water partition coefficient (Wildman–Crippen LogP) is 5.07. The highest BCUT2D eigenvalue weighted by molar-refractivity contribution is 6.07. The lowest BCUT2D eigenvalue weighted by Crippen LogP contribution is -2.45. The molecule has 33 heavy (non-hydrogen) atoms. The smallest absolute Gasteiger partial charge is 0.355 e. The molecule has 0 radical (unpaired) electrons. The highest BCUT2D eigenvalue weighted by Gasteiger charge is 2.30. The molecule has 1 fully saturated rings. The minimum absolute atomic E-state index is 0.0749. The Kier molecular flexibility index (Phi) is 6.67. The highest BCUT2D eigenvalue weighted by atomic mass is 19.4. The molecular weight excluding hydrogens is 429 g/mol. The van der Waals surface area contributed by atoms with Crippen LogP contribution in [0, 0.1) is 5.92 Å². The summed E-state index contributed by atoms with van der Waals surface area (Å²) >= 11 is 0. The first kappa shape index (κ1) is 22.8. The van der Waals surface area contributed by atoms with Gasteiger partial charge in [0.2, 0.25) is 5.91 Å². The van der Waals surface area contributed by atoms with Crippen molar-refractivity contribution < 1.29 is 22.8 Å². The van der Waals surface area contributed by atoms with E-state index in [9.17, 15) is 22.8 Å². The molecular formula is C26H25F3N2O2. The van der Waals surface area contributed by atoms with Crippen LogP contribution in [0.2, 0.25) is 0 Å². The van der Waals surface area contributed by atoms with Gasteiger partial charge in [-0.25, -0.2) is 0 Å². The Morgan fingerprint density at radius 1 is 0.970 bits per heavy atom. The average Bonchev–Trinajstić information content (AvgIpc) is 2.83. The van der Waals surface area contributed by atoms with Gasteiger partial charge in [0, 0.05) is 25.2 Å². The zero-order valence-electron chi connectivity index (χ0n) is 18.1. The standard InChI is InChI=1S/C26H25F3N2O2/c27-26(28,29)21-12-10-18(11-13-21)14-15-30-24(32)20-7-4-16-31(17-20)25(33)23-9-3-6-19-5-1-2-8-22(19)23/h1-3,5-6,8-13,20H,4,7,14-17H2,(H,30,32)/t20-/m0/s1. The van der Waals surface area contributed by atoms with Gasteiger partial charge in [-0.2, -0.15) is 13.2 Å². The number of halogens is 3. The van der Waals surface area contributed by atoms with Crippen LogP contribution in [0.5, 0.6) is 0 Å². The molecule has 1 atom stereocenters. The van der Waals surface area contributed by atoms with Crippen LogP contribution >= 0.6 is 0 Å².